The molecular formula is C20H29N5O2S. The molecule has 3 rings (SSSR count). The van der Waals surface area contributed by atoms with Gasteiger partial charge in [0.15, 0.2) is 0 Å². The fourth-order valence-corrected chi connectivity index (χ4v) is 4.75. The first kappa shape index (κ1) is 20.5. The number of aromatic nitrogens is 2. The first-order valence-electron chi connectivity index (χ1n) is 9.88. The second kappa shape index (κ2) is 8.43. The summed E-state index contributed by atoms with van der Waals surface area (Å²) in [6.45, 7) is 9.65. The van der Waals surface area contributed by atoms with Crippen molar-refractivity contribution in [2.45, 2.75) is 53.0 Å². The lowest BCUT2D eigenvalue weighted by molar-refractivity contribution is -0.131. The average molecular weight is 404 g/mol. The normalized spacial score (nSPS) is 17.5. The highest BCUT2D eigenvalue weighted by molar-refractivity contribution is 7.18. The summed E-state index contributed by atoms with van der Waals surface area (Å²) in [7, 11) is 0. The second-order valence-corrected chi connectivity index (χ2v) is 8.90. The largest absolute Gasteiger partial charge is 0.368 e. The van der Waals surface area contributed by atoms with Crippen LogP contribution < -0.4 is 16.0 Å². The van der Waals surface area contributed by atoms with Crippen molar-refractivity contribution >= 4 is 39.2 Å². The van der Waals surface area contributed by atoms with Gasteiger partial charge in [-0.1, -0.05) is 20.3 Å². The topological polar surface area (TPSA) is 101 Å². The summed E-state index contributed by atoms with van der Waals surface area (Å²) in [5.74, 6) is 0.344. The number of nitrogens with zero attached hydrogens (tertiary/aromatic N) is 3. The zero-order valence-corrected chi connectivity index (χ0v) is 17.8. The molecule has 1 aliphatic rings. The molecule has 2 amide bonds. The van der Waals surface area contributed by atoms with Gasteiger partial charge in [-0.2, -0.15) is 0 Å². The monoisotopic (exact) mass is 403 g/mol. The molecule has 2 aromatic rings. The molecule has 7 nitrogen and oxygen atoms in total. The number of rotatable bonds is 6. The molecule has 2 aromatic heterocycles. The fourth-order valence-electron chi connectivity index (χ4n) is 3.76. The van der Waals surface area contributed by atoms with E-state index in [1.165, 1.54) is 10.4 Å². The fraction of sp³-hybridized carbons (Fsp3) is 0.600. The van der Waals surface area contributed by atoms with Gasteiger partial charge in [0, 0.05) is 23.9 Å². The molecular weight excluding hydrogens is 374 g/mol. The smallest absolute Gasteiger partial charge is 0.240 e. The number of fused-ring (bicyclic) bond motifs is 1. The number of primary amides is 1. The van der Waals surface area contributed by atoms with Crippen LogP contribution in [0.25, 0.3) is 10.2 Å². The van der Waals surface area contributed by atoms with E-state index in [1.807, 2.05) is 13.8 Å². The standard InChI is InChI=1S/C20H29N5O2S/c1-5-11(2)16(17(21)26)24-19(27)14-6-8-25(9-7-14)18-15-12(3)13(4)28-20(15)23-10-22-18/h10-11,14,16H,5-9H2,1-4H3,(H2,21,26)(H,24,27). The molecule has 2 atom stereocenters. The number of aryl methyl sites for hydroxylation is 2. The lowest BCUT2D eigenvalue weighted by Crippen LogP contribution is -2.51. The maximum Gasteiger partial charge on any atom is 0.240 e. The van der Waals surface area contributed by atoms with E-state index in [-0.39, 0.29) is 17.7 Å². The molecule has 3 heterocycles. The molecule has 3 N–H and O–H groups in total. The van der Waals surface area contributed by atoms with Gasteiger partial charge in [0.05, 0.1) is 5.39 Å². The first-order chi connectivity index (χ1) is 13.3. The molecule has 0 bridgehead atoms. The summed E-state index contributed by atoms with van der Waals surface area (Å²) in [6.07, 6.45) is 3.86. The Morgan fingerprint density at radius 2 is 2.00 bits per heavy atom. The summed E-state index contributed by atoms with van der Waals surface area (Å²) >= 11 is 1.69. The van der Waals surface area contributed by atoms with Crippen molar-refractivity contribution in [3.05, 3.63) is 16.8 Å². The zero-order valence-electron chi connectivity index (χ0n) is 17.0. The molecule has 0 aliphatic carbocycles. The van der Waals surface area contributed by atoms with Gasteiger partial charge in [-0.15, -0.1) is 11.3 Å². The number of hydrogen-bond acceptors (Lipinski definition) is 6. The quantitative estimate of drug-likeness (QED) is 0.772. The molecule has 0 radical (unpaired) electrons. The Bertz CT molecular complexity index is 873. The Morgan fingerprint density at radius 3 is 2.61 bits per heavy atom. The van der Waals surface area contributed by atoms with Crippen LogP contribution in [-0.2, 0) is 9.59 Å². The van der Waals surface area contributed by atoms with Crippen LogP contribution in [0.4, 0.5) is 5.82 Å². The van der Waals surface area contributed by atoms with Crippen molar-refractivity contribution in [2.24, 2.45) is 17.6 Å². The van der Waals surface area contributed by atoms with Gasteiger partial charge < -0.3 is 16.0 Å². The van der Waals surface area contributed by atoms with E-state index < -0.39 is 11.9 Å². The zero-order chi connectivity index (χ0) is 20.4. The first-order valence-corrected chi connectivity index (χ1v) is 10.7. The summed E-state index contributed by atoms with van der Waals surface area (Å²) in [5, 5.41) is 4.00. The van der Waals surface area contributed by atoms with Crippen molar-refractivity contribution in [1.29, 1.82) is 0 Å². The Morgan fingerprint density at radius 1 is 1.32 bits per heavy atom. The number of thiophene rings is 1. The summed E-state index contributed by atoms with van der Waals surface area (Å²) in [6, 6.07) is -0.603. The van der Waals surface area contributed by atoms with Gasteiger partial charge in [0.1, 0.15) is 23.0 Å². The number of hydrogen-bond donors (Lipinski definition) is 2. The van der Waals surface area contributed by atoms with Crippen LogP contribution in [0.1, 0.15) is 43.6 Å². The van der Waals surface area contributed by atoms with Crippen molar-refractivity contribution in [3.63, 3.8) is 0 Å². The molecule has 1 saturated heterocycles. The lowest BCUT2D eigenvalue weighted by Gasteiger charge is -2.33. The summed E-state index contributed by atoms with van der Waals surface area (Å²) in [4.78, 5) is 37.8. The molecule has 0 saturated carbocycles. The third-order valence-electron chi connectivity index (χ3n) is 5.93. The Labute approximate surface area is 169 Å². The van der Waals surface area contributed by atoms with Crippen LogP contribution in [0.2, 0.25) is 0 Å². The molecule has 1 aliphatic heterocycles. The summed E-state index contributed by atoms with van der Waals surface area (Å²) < 4.78 is 0. The van der Waals surface area contributed by atoms with Crippen LogP contribution in [-0.4, -0.2) is 40.9 Å². The number of carbonyl (C=O) groups excluding carboxylic acids is 2. The van der Waals surface area contributed by atoms with Crippen molar-refractivity contribution in [1.82, 2.24) is 15.3 Å². The van der Waals surface area contributed by atoms with E-state index >= 15 is 0 Å². The summed E-state index contributed by atoms with van der Waals surface area (Å²) in [5.41, 5.74) is 6.71. The lowest BCUT2D eigenvalue weighted by atomic mass is 9.93. The minimum absolute atomic E-state index is 0.0284. The van der Waals surface area contributed by atoms with E-state index in [0.717, 1.165) is 48.4 Å². The Hall–Kier alpha value is -2.22. The van der Waals surface area contributed by atoms with Gasteiger partial charge >= 0.3 is 0 Å². The second-order valence-electron chi connectivity index (χ2n) is 7.70. The number of anilines is 1. The molecule has 152 valence electrons. The minimum Gasteiger partial charge on any atom is -0.368 e. The van der Waals surface area contributed by atoms with E-state index in [0.29, 0.717) is 0 Å². The number of amides is 2. The highest BCUT2D eigenvalue weighted by atomic mass is 32.1. The number of nitrogens with one attached hydrogen (secondary N) is 1. The molecule has 2 unspecified atom stereocenters. The van der Waals surface area contributed by atoms with E-state index in [9.17, 15) is 9.59 Å². The van der Waals surface area contributed by atoms with Gasteiger partial charge in [-0.05, 0) is 38.2 Å². The van der Waals surface area contributed by atoms with Gasteiger partial charge in [0.25, 0.3) is 0 Å². The van der Waals surface area contributed by atoms with Crippen LogP contribution >= 0.6 is 11.3 Å². The SMILES string of the molecule is CCC(C)C(NC(=O)C1CCN(c2ncnc3sc(C)c(C)c23)CC1)C(N)=O. The highest BCUT2D eigenvalue weighted by Gasteiger charge is 2.31. The van der Waals surface area contributed by atoms with Gasteiger partial charge in [0.2, 0.25) is 11.8 Å². The molecule has 0 spiro atoms. The average Bonchev–Trinajstić information content (AvgIpc) is 2.99. The van der Waals surface area contributed by atoms with E-state index in [1.54, 1.807) is 17.7 Å². The molecule has 28 heavy (non-hydrogen) atoms. The van der Waals surface area contributed by atoms with Crippen LogP contribution in [0, 0.1) is 25.7 Å². The number of carbonyl (C=O) groups is 2. The third kappa shape index (κ3) is 3.97. The van der Waals surface area contributed by atoms with Gasteiger partial charge in [-0.3, -0.25) is 9.59 Å². The number of piperidine rings is 1. The number of nitrogens with two attached hydrogens (primary N) is 1. The third-order valence-corrected chi connectivity index (χ3v) is 7.04. The Kier molecular flexibility index (Phi) is 6.17. The predicted octanol–water partition coefficient (Wildman–Crippen LogP) is 2.54. The van der Waals surface area contributed by atoms with Crippen molar-refractivity contribution in [2.75, 3.05) is 18.0 Å². The van der Waals surface area contributed by atoms with Crippen molar-refractivity contribution in [3.8, 4) is 0 Å². The molecule has 1 fully saturated rings. The van der Waals surface area contributed by atoms with Gasteiger partial charge in [-0.25, -0.2) is 9.97 Å². The molecule has 8 heteroatoms. The van der Waals surface area contributed by atoms with E-state index in [4.69, 9.17) is 5.73 Å². The molecule has 0 aromatic carbocycles. The predicted molar refractivity (Wildman–Crippen MR) is 112 cm³/mol. The van der Waals surface area contributed by atoms with Crippen LogP contribution in [0.5, 0.6) is 0 Å². The Balaban J connectivity index is 1.68. The minimum atomic E-state index is -0.603. The maximum absolute atomic E-state index is 12.7. The highest BCUT2D eigenvalue weighted by Crippen LogP contribution is 2.35. The van der Waals surface area contributed by atoms with Crippen LogP contribution in [0.15, 0.2) is 6.33 Å². The maximum atomic E-state index is 12.7. The van der Waals surface area contributed by atoms with Crippen LogP contribution in [0.3, 0.4) is 0 Å². The van der Waals surface area contributed by atoms with E-state index in [2.05, 4.69) is 34.0 Å². The van der Waals surface area contributed by atoms with Crippen molar-refractivity contribution < 1.29 is 9.59 Å².